The van der Waals surface area contributed by atoms with Crippen molar-refractivity contribution in [1.29, 1.82) is 0 Å². The third kappa shape index (κ3) is 4.60. The quantitative estimate of drug-likeness (QED) is 0.780. The molecule has 1 aromatic carbocycles. The number of unbranched alkanes of at least 4 members (excludes halogenated alkanes) is 1. The first-order valence-electron chi connectivity index (χ1n) is 7.06. The van der Waals surface area contributed by atoms with E-state index in [1.165, 1.54) is 7.11 Å². The van der Waals surface area contributed by atoms with Gasteiger partial charge in [0.25, 0.3) is 0 Å². The second-order valence-electron chi connectivity index (χ2n) is 5.14. The summed E-state index contributed by atoms with van der Waals surface area (Å²) in [5.74, 6) is -0.404. The van der Waals surface area contributed by atoms with Crippen molar-refractivity contribution in [3.05, 3.63) is 34.6 Å². The predicted octanol–water partition coefficient (Wildman–Crippen LogP) is 3.26. The summed E-state index contributed by atoms with van der Waals surface area (Å²) in [6.45, 7) is 6.12. The summed E-state index contributed by atoms with van der Waals surface area (Å²) in [5.41, 5.74) is 2.24. The van der Waals surface area contributed by atoms with Crippen LogP contribution in [-0.4, -0.2) is 19.1 Å². The molecule has 0 aliphatic heterocycles. The Bertz CT molecular complexity index is 437. The van der Waals surface area contributed by atoms with Crippen LogP contribution in [0.4, 0.5) is 4.39 Å². The fourth-order valence-corrected chi connectivity index (χ4v) is 2.23. The van der Waals surface area contributed by atoms with E-state index in [1.807, 2.05) is 12.1 Å². The van der Waals surface area contributed by atoms with Crippen molar-refractivity contribution in [2.45, 2.75) is 52.6 Å². The van der Waals surface area contributed by atoms with Crippen LogP contribution in [0.2, 0.25) is 0 Å². The van der Waals surface area contributed by atoms with E-state index in [9.17, 15) is 9.18 Å². The monoisotopic (exact) mass is 281 g/mol. The lowest BCUT2D eigenvalue weighted by molar-refractivity contribution is -0.143. The third-order valence-electron chi connectivity index (χ3n) is 3.38. The number of halogens is 1. The summed E-state index contributed by atoms with van der Waals surface area (Å²) in [6, 6.07) is 3.32. The van der Waals surface area contributed by atoms with Gasteiger partial charge in [-0.2, -0.15) is 0 Å². The zero-order valence-corrected chi connectivity index (χ0v) is 12.8. The zero-order valence-electron chi connectivity index (χ0n) is 12.8. The van der Waals surface area contributed by atoms with Gasteiger partial charge in [-0.25, -0.2) is 4.39 Å². The van der Waals surface area contributed by atoms with E-state index in [4.69, 9.17) is 4.74 Å². The first kappa shape index (κ1) is 16.6. The molecule has 1 N–H and O–H groups in total. The van der Waals surface area contributed by atoms with Crippen molar-refractivity contribution in [1.82, 2.24) is 5.32 Å². The number of hydrogen-bond donors (Lipinski definition) is 1. The number of nitrogens with one attached hydrogen (secondary N) is 1. The highest BCUT2D eigenvalue weighted by molar-refractivity contribution is 5.75. The molecule has 0 bridgehead atoms. The van der Waals surface area contributed by atoms with Crippen LogP contribution in [0.3, 0.4) is 0 Å². The number of hydrogen-bond acceptors (Lipinski definition) is 3. The summed E-state index contributed by atoms with van der Waals surface area (Å²) in [6.07, 6.45) is 2.75. The van der Waals surface area contributed by atoms with Gasteiger partial charge in [0.2, 0.25) is 0 Å². The van der Waals surface area contributed by atoms with Gasteiger partial charge in [-0.05, 0) is 37.0 Å². The molecule has 0 aromatic heterocycles. The first-order chi connectivity index (χ1) is 9.49. The second kappa shape index (κ2) is 8.00. The molecule has 0 saturated carbocycles. The van der Waals surface area contributed by atoms with Crippen molar-refractivity contribution in [2.75, 3.05) is 7.11 Å². The maximum atomic E-state index is 13.6. The zero-order chi connectivity index (χ0) is 15.1. The van der Waals surface area contributed by atoms with Crippen molar-refractivity contribution in [3.63, 3.8) is 0 Å². The van der Waals surface area contributed by atoms with E-state index in [2.05, 4.69) is 12.2 Å². The summed E-state index contributed by atoms with van der Waals surface area (Å²) in [7, 11) is 1.40. The highest BCUT2D eigenvalue weighted by Gasteiger charge is 2.17. The lowest BCUT2D eigenvalue weighted by Gasteiger charge is -2.16. The fourth-order valence-electron chi connectivity index (χ4n) is 2.23. The Labute approximate surface area is 120 Å². The van der Waals surface area contributed by atoms with Gasteiger partial charge in [0.1, 0.15) is 11.9 Å². The minimum absolute atomic E-state index is 0.163. The summed E-state index contributed by atoms with van der Waals surface area (Å²) in [4.78, 5) is 11.7. The molecule has 1 aromatic rings. The maximum absolute atomic E-state index is 13.6. The molecule has 20 heavy (non-hydrogen) atoms. The minimum atomic E-state index is -0.300. The molecule has 0 heterocycles. The molecule has 112 valence electrons. The first-order valence-corrected chi connectivity index (χ1v) is 7.06. The lowest BCUT2D eigenvalue weighted by atomic mass is 10.1. The number of aryl methyl sites for hydroxylation is 2. The molecule has 1 unspecified atom stereocenters. The Kier molecular flexibility index (Phi) is 6.65. The van der Waals surface area contributed by atoms with Gasteiger partial charge in [0.15, 0.2) is 0 Å². The highest BCUT2D eigenvalue weighted by atomic mass is 19.1. The molecule has 4 heteroatoms. The van der Waals surface area contributed by atoms with Gasteiger partial charge < -0.3 is 10.1 Å². The predicted molar refractivity (Wildman–Crippen MR) is 78.0 cm³/mol. The average Bonchev–Trinajstić information content (AvgIpc) is 2.43. The Hall–Kier alpha value is -1.42. The maximum Gasteiger partial charge on any atom is 0.322 e. The van der Waals surface area contributed by atoms with Crippen molar-refractivity contribution >= 4 is 5.97 Å². The molecule has 0 amide bonds. The number of carbonyl (C=O) groups is 1. The molecular weight excluding hydrogens is 257 g/mol. The molecule has 3 nitrogen and oxygen atoms in total. The Morgan fingerprint density at radius 3 is 2.45 bits per heavy atom. The lowest BCUT2D eigenvalue weighted by Crippen LogP contribution is -2.37. The molecule has 0 saturated heterocycles. The molecule has 1 rings (SSSR count). The molecule has 0 aliphatic carbocycles. The molecular formula is C16H24FNO2. The SMILES string of the molecule is CCCCC(NCc1cc(C)c(F)c(C)c1)C(=O)OC. The number of ether oxygens (including phenoxy) is 1. The Morgan fingerprint density at radius 2 is 1.95 bits per heavy atom. The molecule has 0 fully saturated rings. The van der Waals surface area contributed by atoms with E-state index in [0.717, 1.165) is 24.8 Å². The number of rotatable bonds is 7. The normalized spacial score (nSPS) is 12.2. The van der Waals surface area contributed by atoms with Crippen molar-refractivity contribution < 1.29 is 13.9 Å². The molecule has 0 radical (unpaired) electrons. The van der Waals surface area contributed by atoms with Gasteiger partial charge in [0.05, 0.1) is 7.11 Å². The average molecular weight is 281 g/mol. The Morgan fingerprint density at radius 1 is 1.35 bits per heavy atom. The fraction of sp³-hybridized carbons (Fsp3) is 0.562. The van der Waals surface area contributed by atoms with Crippen LogP contribution in [0, 0.1) is 19.7 Å². The summed E-state index contributed by atoms with van der Waals surface area (Å²) >= 11 is 0. The largest absolute Gasteiger partial charge is 0.468 e. The topological polar surface area (TPSA) is 38.3 Å². The van der Waals surface area contributed by atoms with Crippen LogP contribution in [0.15, 0.2) is 12.1 Å². The van der Waals surface area contributed by atoms with Crippen LogP contribution >= 0.6 is 0 Å². The number of esters is 1. The van der Waals surface area contributed by atoms with Crippen LogP contribution in [0.25, 0.3) is 0 Å². The number of carbonyl (C=O) groups excluding carboxylic acids is 1. The van der Waals surface area contributed by atoms with Gasteiger partial charge in [-0.1, -0.05) is 31.9 Å². The van der Waals surface area contributed by atoms with Gasteiger partial charge in [-0.3, -0.25) is 4.79 Å². The van der Waals surface area contributed by atoms with Gasteiger partial charge in [0, 0.05) is 6.54 Å². The minimum Gasteiger partial charge on any atom is -0.468 e. The van der Waals surface area contributed by atoms with Gasteiger partial charge in [-0.15, -0.1) is 0 Å². The standard InChI is InChI=1S/C16H24FNO2/c1-5-6-7-14(16(19)20-4)18-10-13-8-11(2)15(17)12(3)9-13/h8-9,14,18H,5-7,10H2,1-4H3. The van der Waals surface area contributed by atoms with Crippen LogP contribution in [0.5, 0.6) is 0 Å². The van der Waals surface area contributed by atoms with Gasteiger partial charge >= 0.3 is 5.97 Å². The number of benzene rings is 1. The Balaban J connectivity index is 2.69. The summed E-state index contributed by atoms with van der Waals surface area (Å²) < 4.78 is 18.4. The van der Waals surface area contributed by atoms with Crippen LogP contribution in [0.1, 0.15) is 42.9 Å². The number of methoxy groups -OCH3 is 1. The highest BCUT2D eigenvalue weighted by Crippen LogP contribution is 2.15. The van der Waals surface area contributed by atoms with E-state index in [1.54, 1.807) is 13.8 Å². The summed E-state index contributed by atoms with van der Waals surface area (Å²) in [5, 5.41) is 3.20. The molecule has 0 spiro atoms. The van der Waals surface area contributed by atoms with E-state index in [-0.39, 0.29) is 17.8 Å². The third-order valence-corrected chi connectivity index (χ3v) is 3.38. The van der Waals surface area contributed by atoms with E-state index < -0.39 is 0 Å². The smallest absolute Gasteiger partial charge is 0.322 e. The second-order valence-corrected chi connectivity index (χ2v) is 5.14. The van der Waals surface area contributed by atoms with Crippen molar-refractivity contribution in [3.8, 4) is 0 Å². The van der Waals surface area contributed by atoms with Crippen molar-refractivity contribution in [2.24, 2.45) is 0 Å². The van der Waals surface area contributed by atoms with Crippen LogP contribution in [-0.2, 0) is 16.1 Å². The molecule has 0 aliphatic rings. The van der Waals surface area contributed by atoms with E-state index >= 15 is 0 Å². The molecule has 1 atom stereocenters. The van der Waals surface area contributed by atoms with Crippen LogP contribution < -0.4 is 5.32 Å². The van der Waals surface area contributed by atoms with E-state index in [0.29, 0.717) is 17.7 Å².